The van der Waals surface area contributed by atoms with Crippen molar-refractivity contribution in [3.05, 3.63) is 64.6 Å². The second-order valence-electron chi connectivity index (χ2n) is 6.51. The standard InChI is InChI=1S/C20H23N3O.2ClH/c1-13(2)12-23-18(11-21)19(14-6-4-3-5-7-14)17-10-15(22)8-9-16(17)20(23)24;;/h3-10,13H,11-12,21-22H2,1-2H3;2*1H. The van der Waals surface area contributed by atoms with Gasteiger partial charge in [0.1, 0.15) is 0 Å². The number of nitrogen functional groups attached to an aromatic ring is 1. The zero-order valence-corrected chi connectivity index (χ0v) is 16.6. The van der Waals surface area contributed by atoms with Gasteiger partial charge in [-0.25, -0.2) is 0 Å². The average molecular weight is 394 g/mol. The minimum Gasteiger partial charge on any atom is -0.399 e. The van der Waals surface area contributed by atoms with Crippen LogP contribution in [0.4, 0.5) is 5.69 Å². The molecule has 0 saturated carbocycles. The quantitative estimate of drug-likeness (QED) is 0.651. The van der Waals surface area contributed by atoms with Gasteiger partial charge in [-0.05, 0) is 35.1 Å². The van der Waals surface area contributed by atoms with Gasteiger partial charge in [-0.2, -0.15) is 0 Å². The Bertz CT molecular complexity index is 937. The molecule has 0 aliphatic rings. The minimum atomic E-state index is -0.00108. The third-order valence-electron chi connectivity index (χ3n) is 4.21. The number of rotatable bonds is 4. The lowest BCUT2D eigenvalue weighted by molar-refractivity contribution is 0.499. The number of pyridine rings is 1. The lowest BCUT2D eigenvalue weighted by Crippen LogP contribution is -2.28. The number of hydrogen-bond donors (Lipinski definition) is 2. The molecule has 0 fully saturated rings. The van der Waals surface area contributed by atoms with Crippen LogP contribution in [-0.4, -0.2) is 4.57 Å². The summed E-state index contributed by atoms with van der Waals surface area (Å²) in [5, 5.41) is 1.55. The molecule has 4 N–H and O–H groups in total. The Hall–Kier alpha value is -2.01. The number of nitrogens with two attached hydrogens (primary N) is 2. The number of fused-ring (bicyclic) bond motifs is 1. The van der Waals surface area contributed by atoms with Crippen LogP contribution in [0.25, 0.3) is 21.9 Å². The van der Waals surface area contributed by atoms with Crippen molar-refractivity contribution in [1.29, 1.82) is 0 Å². The van der Waals surface area contributed by atoms with Gasteiger partial charge in [0.05, 0.1) is 0 Å². The largest absolute Gasteiger partial charge is 0.399 e. The van der Waals surface area contributed by atoms with E-state index in [1.807, 2.05) is 47.0 Å². The Balaban J connectivity index is 0.00000169. The average Bonchev–Trinajstić information content (AvgIpc) is 2.57. The highest BCUT2D eigenvalue weighted by Gasteiger charge is 2.17. The summed E-state index contributed by atoms with van der Waals surface area (Å²) >= 11 is 0. The lowest BCUT2D eigenvalue weighted by atomic mass is 9.96. The van der Waals surface area contributed by atoms with Crippen LogP contribution in [0.3, 0.4) is 0 Å². The van der Waals surface area contributed by atoms with Crippen molar-refractivity contribution < 1.29 is 0 Å². The van der Waals surface area contributed by atoms with E-state index in [0.29, 0.717) is 30.1 Å². The summed E-state index contributed by atoms with van der Waals surface area (Å²) in [6, 6.07) is 15.5. The van der Waals surface area contributed by atoms with Crippen LogP contribution in [0.15, 0.2) is 53.3 Å². The second-order valence-corrected chi connectivity index (χ2v) is 6.51. The van der Waals surface area contributed by atoms with Crippen LogP contribution in [-0.2, 0) is 13.1 Å². The van der Waals surface area contributed by atoms with Crippen LogP contribution in [0.1, 0.15) is 19.5 Å². The van der Waals surface area contributed by atoms with Crippen LogP contribution in [0.5, 0.6) is 0 Å². The maximum atomic E-state index is 13.0. The molecular formula is C20H25Cl2N3O. The Morgan fingerprint density at radius 3 is 2.23 bits per heavy atom. The summed E-state index contributed by atoms with van der Waals surface area (Å²) in [6.07, 6.45) is 0. The first-order valence-corrected chi connectivity index (χ1v) is 8.23. The molecule has 0 saturated heterocycles. The van der Waals surface area contributed by atoms with Crippen LogP contribution in [0.2, 0.25) is 0 Å². The van der Waals surface area contributed by atoms with Gasteiger partial charge >= 0.3 is 0 Å². The van der Waals surface area contributed by atoms with E-state index in [9.17, 15) is 4.79 Å². The van der Waals surface area contributed by atoms with Gasteiger partial charge < -0.3 is 16.0 Å². The first-order valence-electron chi connectivity index (χ1n) is 8.23. The number of hydrogen-bond acceptors (Lipinski definition) is 3. The summed E-state index contributed by atoms with van der Waals surface area (Å²) in [5.41, 5.74) is 15.6. The lowest BCUT2D eigenvalue weighted by Gasteiger charge is -2.20. The van der Waals surface area contributed by atoms with E-state index >= 15 is 0 Å². The van der Waals surface area contributed by atoms with Gasteiger partial charge in [-0.3, -0.25) is 4.79 Å². The van der Waals surface area contributed by atoms with E-state index in [1.54, 1.807) is 6.07 Å². The van der Waals surface area contributed by atoms with Crippen molar-refractivity contribution in [1.82, 2.24) is 4.57 Å². The van der Waals surface area contributed by atoms with Gasteiger partial charge in [0.2, 0.25) is 0 Å². The minimum absolute atomic E-state index is 0. The van der Waals surface area contributed by atoms with Crippen molar-refractivity contribution in [2.24, 2.45) is 11.7 Å². The maximum absolute atomic E-state index is 13.0. The molecule has 3 aromatic rings. The SMILES string of the molecule is CC(C)Cn1c(CN)c(-c2ccccc2)c2cc(N)ccc2c1=O.Cl.Cl. The van der Waals surface area contributed by atoms with E-state index in [0.717, 1.165) is 22.2 Å². The molecule has 1 heterocycles. The Kier molecular flexibility index (Phi) is 7.69. The predicted molar refractivity (Wildman–Crippen MR) is 115 cm³/mol. The number of halogens is 2. The molecule has 140 valence electrons. The van der Waals surface area contributed by atoms with E-state index in [4.69, 9.17) is 11.5 Å². The molecule has 26 heavy (non-hydrogen) atoms. The van der Waals surface area contributed by atoms with Gasteiger partial charge in [0.15, 0.2) is 0 Å². The van der Waals surface area contributed by atoms with Crippen molar-refractivity contribution >= 4 is 41.3 Å². The van der Waals surface area contributed by atoms with Gasteiger partial charge in [-0.15, -0.1) is 24.8 Å². The number of nitrogens with zero attached hydrogens (tertiary/aromatic N) is 1. The van der Waals surface area contributed by atoms with Crippen LogP contribution >= 0.6 is 24.8 Å². The van der Waals surface area contributed by atoms with Gasteiger partial charge in [-0.1, -0.05) is 44.2 Å². The molecule has 0 radical (unpaired) electrons. The molecule has 0 bridgehead atoms. The number of benzene rings is 2. The van der Waals surface area contributed by atoms with E-state index < -0.39 is 0 Å². The third kappa shape index (κ3) is 4.04. The summed E-state index contributed by atoms with van der Waals surface area (Å²) in [4.78, 5) is 13.0. The normalized spacial score (nSPS) is 10.5. The predicted octanol–water partition coefficient (Wildman–Crippen LogP) is 4.21. The topological polar surface area (TPSA) is 74.0 Å². The molecule has 0 atom stereocenters. The molecule has 0 amide bonds. The monoisotopic (exact) mass is 393 g/mol. The first kappa shape index (κ1) is 22.0. The molecule has 0 unspecified atom stereocenters. The molecule has 4 nitrogen and oxygen atoms in total. The first-order chi connectivity index (χ1) is 11.5. The molecule has 3 rings (SSSR count). The molecule has 0 aliphatic heterocycles. The highest BCUT2D eigenvalue weighted by Crippen LogP contribution is 2.32. The molecule has 6 heteroatoms. The zero-order valence-electron chi connectivity index (χ0n) is 14.9. The second kappa shape index (κ2) is 9.08. The van der Waals surface area contributed by atoms with Gasteiger partial charge in [0.25, 0.3) is 5.56 Å². The summed E-state index contributed by atoms with van der Waals surface area (Å²) in [5.74, 6) is 0.350. The Labute approximate surface area is 166 Å². The highest BCUT2D eigenvalue weighted by molar-refractivity contribution is 5.98. The molecule has 2 aromatic carbocycles. The highest BCUT2D eigenvalue weighted by atomic mass is 35.5. The van der Waals surface area contributed by atoms with Crippen molar-refractivity contribution in [2.75, 3.05) is 5.73 Å². The third-order valence-corrected chi connectivity index (χ3v) is 4.21. The molecule has 0 aliphatic carbocycles. The van der Waals surface area contributed by atoms with Crippen molar-refractivity contribution in [3.8, 4) is 11.1 Å². The fourth-order valence-corrected chi connectivity index (χ4v) is 3.21. The van der Waals surface area contributed by atoms with E-state index in [1.165, 1.54) is 0 Å². The molecule has 1 aromatic heterocycles. The smallest absolute Gasteiger partial charge is 0.258 e. The van der Waals surface area contributed by atoms with Crippen LogP contribution in [0, 0.1) is 5.92 Å². The summed E-state index contributed by atoms with van der Waals surface area (Å²) in [6.45, 7) is 5.15. The van der Waals surface area contributed by atoms with Crippen molar-refractivity contribution in [3.63, 3.8) is 0 Å². The fraction of sp³-hybridized carbons (Fsp3) is 0.250. The molecule has 0 spiro atoms. The fourth-order valence-electron chi connectivity index (χ4n) is 3.21. The van der Waals surface area contributed by atoms with Gasteiger partial charge in [0, 0.05) is 35.4 Å². The molecular weight excluding hydrogens is 369 g/mol. The number of anilines is 1. The Morgan fingerprint density at radius 1 is 1.00 bits per heavy atom. The van der Waals surface area contributed by atoms with Crippen molar-refractivity contribution in [2.45, 2.75) is 26.9 Å². The van der Waals surface area contributed by atoms with E-state index in [2.05, 4.69) is 13.8 Å². The summed E-state index contributed by atoms with van der Waals surface area (Å²) < 4.78 is 1.82. The summed E-state index contributed by atoms with van der Waals surface area (Å²) in [7, 11) is 0. The Morgan fingerprint density at radius 2 is 1.65 bits per heavy atom. The van der Waals surface area contributed by atoms with E-state index in [-0.39, 0.29) is 30.4 Å². The number of aromatic nitrogens is 1. The maximum Gasteiger partial charge on any atom is 0.258 e. The van der Waals surface area contributed by atoms with Crippen LogP contribution < -0.4 is 17.0 Å². The zero-order chi connectivity index (χ0) is 17.3.